The van der Waals surface area contributed by atoms with Crippen molar-refractivity contribution in [1.29, 1.82) is 0 Å². The van der Waals surface area contributed by atoms with Crippen LogP contribution in [0.15, 0.2) is 48.5 Å². The van der Waals surface area contributed by atoms with Crippen molar-refractivity contribution in [3.63, 3.8) is 0 Å². The van der Waals surface area contributed by atoms with Crippen molar-refractivity contribution in [3.05, 3.63) is 86.9 Å². The van der Waals surface area contributed by atoms with Gasteiger partial charge in [0.15, 0.2) is 6.10 Å². The highest BCUT2D eigenvalue weighted by Crippen LogP contribution is 2.24. The number of ether oxygens (including phenoxy) is 1. The van der Waals surface area contributed by atoms with Crippen LogP contribution in [0.5, 0.6) is 0 Å². The van der Waals surface area contributed by atoms with E-state index in [1.54, 1.807) is 25.1 Å². The highest BCUT2D eigenvalue weighted by molar-refractivity contribution is 6.33. The van der Waals surface area contributed by atoms with E-state index in [0.29, 0.717) is 16.3 Å². The largest absolute Gasteiger partial charge is 0.449 e. The quantitative estimate of drug-likeness (QED) is 0.521. The van der Waals surface area contributed by atoms with Gasteiger partial charge in [0.2, 0.25) is 0 Å². The minimum Gasteiger partial charge on any atom is -0.449 e. The number of carbonyl (C=O) groups is 2. The Labute approximate surface area is 188 Å². The van der Waals surface area contributed by atoms with Gasteiger partial charge in [-0.2, -0.15) is 5.10 Å². The first-order chi connectivity index (χ1) is 14.8. The molecule has 0 saturated heterocycles. The van der Waals surface area contributed by atoms with Gasteiger partial charge in [-0.3, -0.25) is 4.79 Å². The first-order valence-electron chi connectivity index (χ1n) is 9.45. The van der Waals surface area contributed by atoms with Gasteiger partial charge in [-0.05, 0) is 43.2 Å². The molecule has 0 aliphatic rings. The van der Waals surface area contributed by atoms with Crippen LogP contribution in [0.25, 0.3) is 0 Å². The lowest BCUT2D eigenvalue weighted by Crippen LogP contribution is -2.35. The van der Waals surface area contributed by atoms with Gasteiger partial charge in [0.1, 0.15) is 16.5 Å². The Bertz CT molecular complexity index is 1100. The van der Waals surface area contributed by atoms with Crippen LogP contribution in [0, 0.1) is 12.7 Å². The summed E-state index contributed by atoms with van der Waals surface area (Å²) in [4.78, 5) is 24.9. The van der Waals surface area contributed by atoms with Crippen molar-refractivity contribution in [2.45, 2.75) is 33.0 Å². The molecule has 31 heavy (non-hydrogen) atoms. The first-order valence-corrected chi connectivity index (χ1v) is 10.2. The molecule has 1 heterocycles. The SMILES string of the molecule is Cc1nn(Cc2ccccc2Cl)c(Cl)c1C(=O)OC(C)C(=O)NCc1ccc(F)cc1. The molecule has 3 aromatic rings. The number of carbonyl (C=O) groups excluding carboxylic acids is 2. The number of rotatable bonds is 7. The fourth-order valence-electron chi connectivity index (χ4n) is 2.89. The molecule has 1 atom stereocenters. The fourth-order valence-corrected chi connectivity index (χ4v) is 3.39. The van der Waals surface area contributed by atoms with Crippen molar-refractivity contribution in [2.75, 3.05) is 0 Å². The third-order valence-corrected chi connectivity index (χ3v) is 5.33. The van der Waals surface area contributed by atoms with E-state index < -0.39 is 18.0 Å². The third-order valence-electron chi connectivity index (χ3n) is 4.58. The molecule has 1 N–H and O–H groups in total. The summed E-state index contributed by atoms with van der Waals surface area (Å²) in [7, 11) is 0. The maximum absolute atomic E-state index is 13.0. The summed E-state index contributed by atoms with van der Waals surface area (Å²) in [6.45, 7) is 3.54. The van der Waals surface area contributed by atoms with Gasteiger partial charge in [0.25, 0.3) is 5.91 Å². The van der Waals surface area contributed by atoms with Gasteiger partial charge in [0.05, 0.1) is 12.2 Å². The molecule has 1 unspecified atom stereocenters. The second-order valence-electron chi connectivity index (χ2n) is 6.89. The minimum absolute atomic E-state index is 0.0897. The number of benzene rings is 2. The van der Waals surface area contributed by atoms with Crippen LogP contribution in [0.1, 0.15) is 34.1 Å². The lowest BCUT2D eigenvalue weighted by atomic mass is 10.2. The molecule has 0 spiro atoms. The molecule has 0 bridgehead atoms. The number of halogens is 3. The van der Waals surface area contributed by atoms with E-state index in [1.807, 2.05) is 18.2 Å². The van der Waals surface area contributed by atoms with Gasteiger partial charge in [-0.1, -0.05) is 53.5 Å². The minimum atomic E-state index is -1.06. The van der Waals surface area contributed by atoms with Gasteiger partial charge in [-0.25, -0.2) is 13.9 Å². The number of amides is 1. The van der Waals surface area contributed by atoms with Gasteiger partial charge < -0.3 is 10.1 Å². The number of hydrogen-bond donors (Lipinski definition) is 1. The summed E-state index contributed by atoms with van der Waals surface area (Å²) in [5, 5.41) is 7.59. The summed E-state index contributed by atoms with van der Waals surface area (Å²) in [5.41, 5.74) is 1.97. The maximum atomic E-state index is 13.0. The summed E-state index contributed by atoms with van der Waals surface area (Å²) < 4.78 is 19.7. The van der Waals surface area contributed by atoms with Crippen molar-refractivity contribution >= 4 is 35.1 Å². The van der Waals surface area contributed by atoms with E-state index in [4.69, 9.17) is 27.9 Å². The van der Waals surface area contributed by atoms with Crippen molar-refractivity contribution in [3.8, 4) is 0 Å². The zero-order valence-electron chi connectivity index (χ0n) is 16.9. The Kier molecular flexibility index (Phi) is 7.30. The number of hydrogen-bond acceptors (Lipinski definition) is 4. The predicted octanol–water partition coefficient (Wildman–Crippen LogP) is 4.55. The lowest BCUT2D eigenvalue weighted by Gasteiger charge is -2.13. The molecule has 9 heteroatoms. The molecule has 6 nitrogen and oxygen atoms in total. The number of nitrogens with one attached hydrogen (secondary N) is 1. The third kappa shape index (κ3) is 5.62. The monoisotopic (exact) mass is 463 g/mol. The van der Waals surface area contributed by atoms with E-state index in [9.17, 15) is 14.0 Å². The van der Waals surface area contributed by atoms with E-state index in [2.05, 4.69) is 10.4 Å². The Morgan fingerprint density at radius 3 is 2.52 bits per heavy atom. The average molecular weight is 464 g/mol. The Hall–Kier alpha value is -2.90. The van der Waals surface area contributed by atoms with Crippen LogP contribution in [-0.2, 0) is 22.6 Å². The number of aryl methyl sites for hydroxylation is 1. The number of esters is 1. The molecule has 2 aromatic carbocycles. The van der Waals surface area contributed by atoms with Crippen LogP contribution in [0.3, 0.4) is 0 Å². The highest BCUT2D eigenvalue weighted by Gasteiger charge is 2.26. The van der Waals surface area contributed by atoms with Crippen LogP contribution in [0.4, 0.5) is 4.39 Å². The predicted molar refractivity (Wildman–Crippen MR) is 116 cm³/mol. The molecular formula is C22H20Cl2FN3O3. The topological polar surface area (TPSA) is 73.2 Å². The maximum Gasteiger partial charge on any atom is 0.343 e. The number of aromatic nitrogens is 2. The molecular weight excluding hydrogens is 444 g/mol. The van der Waals surface area contributed by atoms with Crippen molar-refractivity contribution in [2.24, 2.45) is 0 Å². The van der Waals surface area contributed by atoms with Crippen LogP contribution < -0.4 is 5.32 Å². The van der Waals surface area contributed by atoms with Crippen LogP contribution in [-0.4, -0.2) is 27.8 Å². The van der Waals surface area contributed by atoms with Gasteiger partial charge in [-0.15, -0.1) is 0 Å². The van der Waals surface area contributed by atoms with Gasteiger partial charge >= 0.3 is 5.97 Å². The first kappa shape index (κ1) is 22.8. The molecule has 3 rings (SSSR count). The van der Waals surface area contributed by atoms with Crippen molar-refractivity contribution < 1.29 is 18.7 Å². The number of nitrogens with zero attached hydrogens (tertiary/aromatic N) is 2. The van der Waals surface area contributed by atoms with Crippen LogP contribution >= 0.6 is 23.2 Å². The van der Waals surface area contributed by atoms with E-state index in [-0.39, 0.29) is 29.6 Å². The van der Waals surface area contributed by atoms with Crippen molar-refractivity contribution in [1.82, 2.24) is 15.1 Å². The zero-order chi connectivity index (χ0) is 22.5. The second-order valence-corrected chi connectivity index (χ2v) is 7.66. The van der Waals surface area contributed by atoms with E-state index >= 15 is 0 Å². The Morgan fingerprint density at radius 2 is 1.84 bits per heavy atom. The Morgan fingerprint density at radius 1 is 1.16 bits per heavy atom. The highest BCUT2D eigenvalue weighted by atomic mass is 35.5. The van der Waals surface area contributed by atoms with Crippen LogP contribution in [0.2, 0.25) is 10.2 Å². The molecule has 162 valence electrons. The standard InChI is InChI=1S/C22H20Cl2FN3O3/c1-13-19(20(24)28(27-13)12-16-5-3-4-6-18(16)23)22(30)31-14(2)21(29)26-11-15-7-9-17(25)10-8-15/h3-10,14H,11-12H2,1-2H3,(H,26,29). The molecule has 1 aromatic heterocycles. The molecule has 0 aliphatic carbocycles. The normalized spacial score (nSPS) is 11.8. The summed E-state index contributed by atoms with van der Waals surface area (Å²) >= 11 is 12.6. The van der Waals surface area contributed by atoms with E-state index in [1.165, 1.54) is 23.7 Å². The average Bonchev–Trinajstić information content (AvgIpc) is 3.02. The smallest absolute Gasteiger partial charge is 0.343 e. The summed E-state index contributed by atoms with van der Waals surface area (Å²) in [6, 6.07) is 13.0. The molecule has 0 fully saturated rings. The fraction of sp³-hybridized carbons (Fsp3) is 0.227. The summed E-state index contributed by atoms with van der Waals surface area (Å²) in [5.74, 6) is -1.60. The lowest BCUT2D eigenvalue weighted by molar-refractivity contribution is -0.129. The molecule has 1 amide bonds. The summed E-state index contributed by atoms with van der Waals surface area (Å²) in [6.07, 6.45) is -1.06. The zero-order valence-corrected chi connectivity index (χ0v) is 18.4. The molecule has 0 radical (unpaired) electrons. The molecule has 0 saturated carbocycles. The van der Waals surface area contributed by atoms with Gasteiger partial charge in [0, 0.05) is 11.6 Å². The van der Waals surface area contributed by atoms with E-state index in [0.717, 1.165) is 5.56 Å². The Balaban J connectivity index is 1.64. The second kappa shape index (κ2) is 9.94. The molecule has 0 aliphatic heterocycles.